The van der Waals surface area contributed by atoms with Gasteiger partial charge in [0.25, 0.3) is 5.91 Å². The van der Waals surface area contributed by atoms with E-state index in [-0.39, 0.29) is 85.0 Å². The number of unbranched alkanes of at least 4 members (excludes halogenated alkanes) is 18. The highest BCUT2D eigenvalue weighted by atomic mass is 16.7. The molecular formula is C53H99N3O20. The first kappa shape index (κ1) is 70.8. The minimum atomic E-state index is -2.21. The predicted molar refractivity (Wildman–Crippen MR) is 278 cm³/mol. The van der Waals surface area contributed by atoms with Crippen molar-refractivity contribution < 1.29 is 98.0 Å². The summed E-state index contributed by atoms with van der Waals surface area (Å²) in [5.41, 5.74) is 0. The summed E-state index contributed by atoms with van der Waals surface area (Å²) in [6, 6.07) is -1.06. The third-order valence-corrected chi connectivity index (χ3v) is 12.8. The van der Waals surface area contributed by atoms with Crippen LogP contribution in [0.2, 0.25) is 0 Å². The minimum absolute atomic E-state index is 0.0150. The normalized spacial score (nSPS) is 19.5. The van der Waals surface area contributed by atoms with Gasteiger partial charge < -0.3 is 90.0 Å². The summed E-state index contributed by atoms with van der Waals surface area (Å²) in [5.74, 6) is -3.08. The van der Waals surface area contributed by atoms with E-state index in [1.54, 1.807) is 0 Å². The van der Waals surface area contributed by atoms with E-state index in [1.165, 1.54) is 83.5 Å². The smallest absolute Gasteiger partial charge is 0.328 e. The van der Waals surface area contributed by atoms with E-state index in [0.29, 0.717) is 13.0 Å². The van der Waals surface area contributed by atoms with E-state index in [9.17, 15) is 64.8 Å². The molecule has 11 N–H and O–H groups in total. The average Bonchev–Trinajstić information content (AvgIpc) is 3.41. The van der Waals surface area contributed by atoms with Crippen molar-refractivity contribution in [2.24, 2.45) is 0 Å². The van der Waals surface area contributed by atoms with Crippen molar-refractivity contribution in [3.63, 3.8) is 0 Å². The van der Waals surface area contributed by atoms with Crippen LogP contribution in [0.4, 0.5) is 0 Å². The van der Waals surface area contributed by atoms with Crippen molar-refractivity contribution in [3.05, 3.63) is 0 Å². The Morgan fingerprint density at radius 2 is 1.01 bits per heavy atom. The molecule has 446 valence electrons. The zero-order chi connectivity index (χ0) is 56.2. The van der Waals surface area contributed by atoms with Crippen LogP contribution >= 0.6 is 0 Å². The van der Waals surface area contributed by atoms with Crippen molar-refractivity contribution in [1.82, 2.24) is 16.0 Å². The molecule has 0 unspecified atom stereocenters. The largest absolute Gasteiger partial charge is 0.466 e. The van der Waals surface area contributed by atoms with Gasteiger partial charge in [-0.25, -0.2) is 4.79 Å². The van der Waals surface area contributed by atoms with E-state index in [4.69, 9.17) is 33.2 Å². The number of nitrogens with one attached hydrogen (secondary N) is 3. The summed E-state index contributed by atoms with van der Waals surface area (Å²) in [6.07, 6.45) is 5.63. The third-order valence-electron chi connectivity index (χ3n) is 12.8. The summed E-state index contributed by atoms with van der Waals surface area (Å²) in [5, 5.41) is 87.9. The fourth-order valence-electron chi connectivity index (χ4n) is 8.13. The number of esters is 2. The van der Waals surface area contributed by atoms with E-state index in [2.05, 4.69) is 29.8 Å². The Kier molecular flexibility index (Phi) is 43.5. The Labute approximate surface area is 450 Å². The maximum atomic E-state index is 13.1. The lowest BCUT2D eigenvalue weighted by Crippen LogP contribution is -2.62. The summed E-state index contributed by atoms with van der Waals surface area (Å²) in [6.45, 7) is 4.01. The third kappa shape index (κ3) is 34.0. The second-order valence-electron chi connectivity index (χ2n) is 19.4. The monoisotopic (exact) mass is 1100 g/mol. The SMILES string of the molecule is CCCCCCCCCCCCOC(=O)CC[C@H](NC(=O)CCC(=O)NCCOCCOCCOCCNC(=O)[C@@H](O)[C@@H](O)[C@H](O[C@@H]1O[C@H](CO)[C@H](O)[C@H](O)[C@H]1O)[C@H](O)CO)C(=O)OCCCCCCCCCCCC. The number of carbonyl (C=O) groups excluding carboxylic acids is 5. The number of rotatable bonds is 50. The quantitative estimate of drug-likeness (QED) is 0.0304. The van der Waals surface area contributed by atoms with Crippen LogP contribution in [0, 0.1) is 0 Å². The highest BCUT2D eigenvalue weighted by Crippen LogP contribution is 2.25. The fourth-order valence-corrected chi connectivity index (χ4v) is 8.13. The minimum Gasteiger partial charge on any atom is -0.466 e. The molecule has 0 spiro atoms. The number of amides is 3. The number of aliphatic hydroxyl groups excluding tert-OH is 8. The van der Waals surface area contributed by atoms with Gasteiger partial charge in [-0.2, -0.15) is 0 Å². The molecule has 0 bridgehead atoms. The van der Waals surface area contributed by atoms with E-state index in [1.807, 2.05) is 0 Å². The van der Waals surface area contributed by atoms with Crippen LogP contribution in [-0.4, -0.2) is 211 Å². The molecule has 0 aliphatic carbocycles. The van der Waals surface area contributed by atoms with Crippen LogP contribution in [0.15, 0.2) is 0 Å². The van der Waals surface area contributed by atoms with E-state index in [0.717, 1.165) is 38.5 Å². The Hall–Kier alpha value is -3.17. The zero-order valence-corrected chi connectivity index (χ0v) is 45.7. The lowest BCUT2D eigenvalue weighted by atomic mass is 9.98. The number of carbonyl (C=O) groups is 5. The number of ether oxygens (including phenoxy) is 7. The molecule has 0 aromatic rings. The highest BCUT2D eigenvalue weighted by Gasteiger charge is 2.47. The van der Waals surface area contributed by atoms with Crippen molar-refractivity contribution in [2.45, 2.75) is 229 Å². The Balaban J connectivity index is 2.33. The summed E-state index contributed by atoms with van der Waals surface area (Å²) in [7, 11) is 0. The van der Waals surface area contributed by atoms with Gasteiger partial charge in [0.05, 0.1) is 66.1 Å². The van der Waals surface area contributed by atoms with Crippen LogP contribution in [0.25, 0.3) is 0 Å². The molecule has 23 nitrogen and oxygen atoms in total. The van der Waals surface area contributed by atoms with Gasteiger partial charge >= 0.3 is 11.9 Å². The fraction of sp³-hybridized carbons (Fsp3) is 0.906. The molecule has 0 aromatic heterocycles. The molecule has 10 atom stereocenters. The van der Waals surface area contributed by atoms with Gasteiger partial charge in [0.1, 0.15) is 48.8 Å². The molecule has 23 heteroatoms. The van der Waals surface area contributed by atoms with Crippen molar-refractivity contribution in [3.8, 4) is 0 Å². The molecule has 1 fully saturated rings. The lowest BCUT2D eigenvalue weighted by molar-refractivity contribution is -0.326. The molecule has 1 saturated heterocycles. The summed E-state index contributed by atoms with van der Waals surface area (Å²) >= 11 is 0. The standard InChI is InChI=1S/C53H99N3O20/c1-3-5-7-9-11-13-15-17-19-21-29-73-44(62)26-23-39(52(69)74-30-22-20-18-16-14-12-10-8-6-4-2)56-43(61)25-24-42(60)54-27-31-70-33-35-72-36-34-71-32-28-55-51(68)48(66)47(65)50(40(59)37-57)76-53-49(67)46(64)45(63)41(38-58)75-53/h39-41,45-50,53,57-59,63-67H,3-38H2,1-2H3,(H,54,60)(H,55,68)(H,56,61)/t39-,40+,41+,45-,46-,47+,48-,49+,50+,53-/m0/s1. The molecule has 0 aromatic carbocycles. The molecule has 3 amide bonds. The molecular weight excluding hydrogens is 999 g/mol. The number of hydrogen-bond donors (Lipinski definition) is 11. The van der Waals surface area contributed by atoms with Crippen molar-refractivity contribution in [1.29, 1.82) is 0 Å². The van der Waals surface area contributed by atoms with Crippen LogP contribution in [0.3, 0.4) is 0 Å². The molecule has 1 heterocycles. The number of hydrogen-bond acceptors (Lipinski definition) is 20. The first-order valence-electron chi connectivity index (χ1n) is 28.2. The van der Waals surface area contributed by atoms with Gasteiger partial charge in [0.15, 0.2) is 12.4 Å². The first-order chi connectivity index (χ1) is 36.7. The van der Waals surface area contributed by atoms with Crippen LogP contribution in [0.5, 0.6) is 0 Å². The van der Waals surface area contributed by atoms with E-state index >= 15 is 0 Å². The van der Waals surface area contributed by atoms with Crippen LogP contribution in [0.1, 0.15) is 168 Å². The number of aliphatic hydroxyl groups is 8. The molecule has 1 rings (SSSR count). The summed E-state index contributed by atoms with van der Waals surface area (Å²) in [4.78, 5) is 63.5. The highest BCUT2D eigenvalue weighted by molar-refractivity contribution is 5.87. The second kappa shape index (κ2) is 46.7. The van der Waals surface area contributed by atoms with Crippen LogP contribution < -0.4 is 16.0 Å². The lowest BCUT2D eigenvalue weighted by Gasteiger charge is -2.42. The van der Waals surface area contributed by atoms with Gasteiger partial charge in [-0.15, -0.1) is 0 Å². The summed E-state index contributed by atoms with van der Waals surface area (Å²) < 4.78 is 37.7. The maximum Gasteiger partial charge on any atom is 0.328 e. The molecule has 76 heavy (non-hydrogen) atoms. The Morgan fingerprint density at radius 1 is 0.539 bits per heavy atom. The maximum absolute atomic E-state index is 13.1. The van der Waals surface area contributed by atoms with Gasteiger partial charge in [-0.3, -0.25) is 19.2 Å². The molecule has 0 radical (unpaired) electrons. The topological polar surface area (TPSA) is 348 Å². The first-order valence-corrected chi connectivity index (χ1v) is 28.2. The Morgan fingerprint density at radius 3 is 1.53 bits per heavy atom. The zero-order valence-electron chi connectivity index (χ0n) is 45.7. The molecule has 0 saturated carbocycles. The van der Waals surface area contributed by atoms with Gasteiger partial charge in [-0.05, 0) is 19.3 Å². The van der Waals surface area contributed by atoms with E-state index < -0.39 is 104 Å². The van der Waals surface area contributed by atoms with Gasteiger partial charge in [0, 0.05) is 32.4 Å². The van der Waals surface area contributed by atoms with Crippen molar-refractivity contribution in [2.75, 3.05) is 79.2 Å². The molecule has 1 aliphatic heterocycles. The van der Waals surface area contributed by atoms with Gasteiger partial charge in [-0.1, -0.05) is 129 Å². The Bertz CT molecular complexity index is 1480. The van der Waals surface area contributed by atoms with Crippen LogP contribution in [-0.2, 0) is 57.1 Å². The van der Waals surface area contributed by atoms with Crippen molar-refractivity contribution >= 4 is 29.7 Å². The molecule has 1 aliphatic rings. The second-order valence-corrected chi connectivity index (χ2v) is 19.4. The predicted octanol–water partition coefficient (Wildman–Crippen LogP) is 1.50. The van der Waals surface area contributed by atoms with Gasteiger partial charge in [0.2, 0.25) is 11.8 Å². The average molecular weight is 1100 g/mol.